The quantitative estimate of drug-likeness (QED) is 0.580. The zero-order chi connectivity index (χ0) is 8.55. The summed E-state index contributed by atoms with van der Waals surface area (Å²) in [5.74, 6) is 0.353. The lowest BCUT2D eigenvalue weighted by Gasteiger charge is -2.20. The van der Waals surface area contributed by atoms with E-state index in [1.54, 1.807) is 6.07 Å². The number of aromatic hydroxyl groups is 1. The molecule has 1 N–H and O–H groups in total. The molecule has 1 aliphatic heterocycles. The lowest BCUT2D eigenvalue weighted by Crippen LogP contribution is -2.06. The third kappa shape index (κ3) is 1.18. The highest BCUT2D eigenvalue weighted by molar-refractivity contribution is 14.1. The number of phenols is 1. The maximum atomic E-state index is 9.55. The summed E-state index contributed by atoms with van der Waals surface area (Å²) in [5, 5.41) is 9.55. The van der Waals surface area contributed by atoms with E-state index in [0.717, 1.165) is 12.1 Å². The molecule has 0 aliphatic carbocycles. The Kier molecular flexibility index (Phi) is 1.96. The van der Waals surface area contributed by atoms with Crippen LogP contribution in [0.5, 0.6) is 5.75 Å². The summed E-state index contributed by atoms with van der Waals surface area (Å²) in [6, 6.07) is 5.62. The Morgan fingerprint density at radius 2 is 2.25 bits per heavy atom. The number of nitrogens with zero attached hydrogens (tertiary/aromatic N) is 1. The maximum Gasteiger partial charge on any atom is 0.140 e. The summed E-state index contributed by atoms with van der Waals surface area (Å²) in [5.41, 5.74) is 2.09. The summed E-state index contributed by atoms with van der Waals surface area (Å²) in [6.45, 7) is 0. The van der Waals surface area contributed by atoms with Crippen LogP contribution in [-0.4, -0.2) is 5.11 Å². The molecule has 2 rings (SSSR count). The van der Waals surface area contributed by atoms with Gasteiger partial charge in [0.15, 0.2) is 0 Å². The number of fused-ring (bicyclic) bond motifs is 1. The second-order valence-electron chi connectivity index (χ2n) is 2.68. The van der Waals surface area contributed by atoms with Gasteiger partial charge in [-0.3, -0.25) is 3.11 Å². The molecule has 0 radical (unpaired) electrons. The highest BCUT2D eigenvalue weighted by atomic mass is 127. The summed E-state index contributed by atoms with van der Waals surface area (Å²) in [6.07, 6.45) is 4.94. The fraction of sp³-hybridized carbons (Fsp3) is 0.111. The first-order valence-corrected chi connectivity index (χ1v) is 4.68. The largest absolute Gasteiger partial charge is 0.506 e. The molecular weight excluding hydrogens is 265 g/mol. The molecule has 0 fully saturated rings. The van der Waals surface area contributed by atoms with E-state index in [2.05, 4.69) is 28.9 Å². The topological polar surface area (TPSA) is 23.5 Å². The molecule has 1 aliphatic rings. The zero-order valence-corrected chi connectivity index (χ0v) is 8.52. The molecule has 12 heavy (non-hydrogen) atoms. The minimum Gasteiger partial charge on any atom is -0.506 e. The van der Waals surface area contributed by atoms with E-state index in [9.17, 15) is 5.11 Å². The minimum absolute atomic E-state index is 0.353. The van der Waals surface area contributed by atoms with Crippen molar-refractivity contribution in [3.05, 3.63) is 36.0 Å². The Morgan fingerprint density at radius 3 is 3.00 bits per heavy atom. The van der Waals surface area contributed by atoms with E-state index in [1.807, 2.05) is 21.4 Å². The van der Waals surface area contributed by atoms with Crippen LogP contribution >= 0.6 is 22.9 Å². The molecule has 2 nitrogen and oxygen atoms in total. The maximum absolute atomic E-state index is 9.55. The van der Waals surface area contributed by atoms with Crippen molar-refractivity contribution in [2.45, 2.75) is 6.42 Å². The average molecular weight is 273 g/mol. The highest BCUT2D eigenvalue weighted by Gasteiger charge is 2.13. The van der Waals surface area contributed by atoms with Crippen LogP contribution in [0.4, 0.5) is 5.69 Å². The van der Waals surface area contributed by atoms with E-state index in [1.165, 1.54) is 5.56 Å². The van der Waals surface area contributed by atoms with Crippen LogP contribution in [0.3, 0.4) is 0 Å². The smallest absolute Gasteiger partial charge is 0.140 e. The lowest BCUT2D eigenvalue weighted by atomic mass is 10.1. The van der Waals surface area contributed by atoms with Crippen LogP contribution in [0, 0.1) is 0 Å². The predicted molar refractivity (Wildman–Crippen MR) is 57.4 cm³/mol. The van der Waals surface area contributed by atoms with Gasteiger partial charge in [0.25, 0.3) is 0 Å². The van der Waals surface area contributed by atoms with Crippen LogP contribution in [0.15, 0.2) is 30.5 Å². The molecule has 0 amide bonds. The molecule has 0 unspecified atom stereocenters. The van der Waals surface area contributed by atoms with Crippen molar-refractivity contribution >= 4 is 28.6 Å². The Morgan fingerprint density at radius 1 is 1.42 bits per heavy atom. The number of hydrogen-bond acceptors (Lipinski definition) is 2. The van der Waals surface area contributed by atoms with Gasteiger partial charge >= 0.3 is 0 Å². The number of benzene rings is 1. The van der Waals surface area contributed by atoms with E-state index < -0.39 is 0 Å². The van der Waals surface area contributed by atoms with E-state index in [0.29, 0.717) is 5.75 Å². The minimum atomic E-state index is 0.353. The third-order valence-electron chi connectivity index (χ3n) is 1.89. The summed E-state index contributed by atoms with van der Waals surface area (Å²) >= 11 is 2.16. The summed E-state index contributed by atoms with van der Waals surface area (Å²) in [7, 11) is 0. The van der Waals surface area contributed by atoms with E-state index in [-0.39, 0.29) is 0 Å². The van der Waals surface area contributed by atoms with Gasteiger partial charge < -0.3 is 5.11 Å². The first-order valence-electron chi connectivity index (χ1n) is 3.71. The van der Waals surface area contributed by atoms with Crippen molar-refractivity contribution < 1.29 is 5.11 Å². The number of hydrogen-bond donors (Lipinski definition) is 1. The molecule has 1 heterocycles. The van der Waals surface area contributed by atoms with Crippen LogP contribution in [0.25, 0.3) is 0 Å². The van der Waals surface area contributed by atoms with Gasteiger partial charge in [-0.25, -0.2) is 0 Å². The van der Waals surface area contributed by atoms with Crippen LogP contribution < -0.4 is 3.11 Å². The first-order chi connectivity index (χ1) is 5.79. The van der Waals surface area contributed by atoms with Crippen LogP contribution in [0.1, 0.15) is 5.56 Å². The molecule has 0 spiro atoms. The van der Waals surface area contributed by atoms with Gasteiger partial charge in [0.1, 0.15) is 5.75 Å². The third-order valence-corrected chi connectivity index (χ3v) is 2.69. The van der Waals surface area contributed by atoms with Crippen LogP contribution in [-0.2, 0) is 6.42 Å². The fourth-order valence-electron chi connectivity index (χ4n) is 1.34. The van der Waals surface area contributed by atoms with Crippen molar-refractivity contribution in [3.63, 3.8) is 0 Å². The van der Waals surface area contributed by atoms with Gasteiger partial charge in [-0.15, -0.1) is 0 Å². The predicted octanol–water partition coefficient (Wildman–Crippen LogP) is 2.62. The van der Waals surface area contributed by atoms with Gasteiger partial charge in [-0.1, -0.05) is 18.2 Å². The molecule has 1 aromatic carbocycles. The molecule has 0 aromatic heterocycles. The van der Waals surface area contributed by atoms with E-state index in [4.69, 9.17) is 0 Å². The number of phenolic OH excluding ortho intramolecular Hbond substituents is 1. The number of halogens is 1. The molecule has 0 saturated heterocycles. The first kappa shape index (κ1) is 7.91. The molecule has 3 heteroatoms. The Hall–Kier alpha value is -0.710. The zero-order valence-electron chi connectivity index (χ0n) is 6.37. The van der Waals surface area contributed by atoms with Gasteiger partial charge in [0.05, 0.1) is 28.6 Å². The Labute approximate surface area is 85.0 Å². The molecular formula is C9H8INO. The summed E-state index contributed by atoms with van der Waals surface area (Å²) < 4.78 is 1.91. The van der Waals surface area contributed by atoms with Gasteiger partial charge in [-0.2, -0.15) is 0 Å². The molecule has 0 atom stereocenters. The van der Waals surface area contributed by atoms with Crippen LogP contribution in [0.2, 0.25) is 0 Å². The SMILES string of the molecule is Oc1cccc2c1N(I)C=CC2. The monoisotopic (exact) mass is 273 g/mol. The number of para-hydroxylation sites is 1. The fourth-order valence-corrected chi connectivity index (χ4v) is 2.12. The Bertz CT molecular complexity index is 335. The molecule has 0 bridgehead atoms. The van der Waals surface area contributed by atoms with Gasteiger partial charge in [0, 0.05) is 6.20 Å². The molecule has 0 saturated carbocycles. The van der Waals surface area contributed by atoms with Gasteiger partial charge in [0.2, 0.25) is 0 Å². The van der Waals surface area contributed by atoms with Crippen molar-refractivity contribution in [2.24, 2.45) is 0 Å². The summed E-state index contributed by atoms with van der Waals surface area (Å²) in [4.78, 5) is 0. The normalized spacial score (nSPS) is 14.6. The highest BCUT2D eigenvalue weighted by Crippen LogP contribution is 2.36. The molecule has 1 aromatic rings. The second-order valence-corrected chi connectivity index (χ2v) is 3.72. The lowest BCUT2D eigenvalue weighted by molar-refractivity contribution is 0.476. The molecule has 62 valence electrons. The van der Waals surface area contributed by atoms with Crippen molar-refractivity contribution in [3.8, 4) is 5.75 Å². The standard InChI is InChI=1S/C9H8INO/c10-11-6-2-4-7-3-1-5-8(12)9(7)11/h1-3,5-6,12H,4H2. The van der Waals surface area contributed by atoms with E-state index >= 15 is 0 Å². The van der Waals surface area contributed by atoms with Crippen molar-refractivity contribution in [1.82, 2.24) is 0 Å². The Balaban J connectivity index is 2.58. The number of anilines is 1. The number of rotatable bonds is 0. The van der Waals surface area contributed by atoms with Crippen molar-refractivity contribution in [1.29, 1.82) is 0 Å². The van der Waals surface area contributed by atoms with Gasteiger partial charge in [-0.05, 0) is 18.1 Å². The van der Waals surface area contributed by atoms with Crippen molar-refractivity contribution in [2.75, 3.05) is 3.11 Å². The number of allylic oxidation sites excluding steroid dienone is 1. The second kappa shape index (κ2) is 2.97. The average Bonchev–Trinajstić information content (AvgIpc) is 2.04.